The van der Waals surface area contributed by atoms with Gasteiger partial charge in [0.1, 0.15) is 23.0 Å². The van der Waals surface area contributed by atoms with Crippen LogP contribution in [0.4, 0.5) is 0 Å². The minimum absolute atomic E-state index is 0.504. The van der Waals surface area contributed by atoms with E-state index in [4.69, 9.17) is 18.0 Å². The zero-order chi connectivity index (χ0) is 21.4. The molecule has 0 aliphatic heterocycles. The second-order valence-electron chi connectivity index (χ2n) is 6.92. The van der Waals surface area contributed by atoms with Crippen LogP contribution in [0.3, 0.4) is 0 Å². The van der Waals surface area contributed by atoms with E-state index < -0.39 is 14.5 Å². The van der Waals surface area contributed by atoms with Crippen molar-refractivity contribution in [3.8, 4) is 23.0 Å². The molecule has 1 unspecified atom stereocenters. The average Bonchev–Trinajstić information content (AvgIpc) is 2.81. The van der Waals surface area contributed by atoms with Gasteiger partial charge in [0, 0.05) is 0 Å². The van der Waals surface area contributed by atoms with Gasteiger partial charge in [-0.2, -0.15) is 0 Å². The molecule has 1 atom stereocenters. The summed E-state index contributed by atoms with van der Waals surface area (Å²) in [5.41, 5.74) is -0.504. The molecular formula is C26H24O4Si. The van der Waals surface area contributed by atoms with Crippen molar-refractivity contribution >= 4 is 8.80 Å². The maximum atomic E-state index is 6.51. The number of hydrogen-bond acceptors (Lipinski definition) is 4. The quantitative estimate of drug-likeness (QED) is 0.299. The number of rotatable bonds is 9. The first-order valence-electron chi connectivity index (χ1n) is 10.2. The van der Waals surface area contributed by atoms with E-state index in [2.05, 4.69) is 0 Å². The lowest BCUT2D eigenvalue weighted by molar-refractivity contribution is 0.164. The third kappa shape index (κ3) is 5.47. The Labute approximate surface area is 184 Å². The van der Waals surface area contributed by atoms with E-state index >= 15 is 0 Å². The van der Waals surface area contributed by atoms with Crippen molar-refractivity contribution in [2.75, 3.05) is 0 Å². The number of para-hydroxylation sites is 4. The Bertz CT molecular complexity index is 942. The van der Waals surface area contributed by atoms with E-state index in [0.29, 0.717) is 17.2 Å². The maximum Gasteiger partial charge on any atom is 0.742 e. The van der Waals surface area contributed by atoms with Gasteiger partial charge in [-0.05, 0) is 55.5 Å². The summed E-state index contributed by atoms with van der Waals surface area (Å²) >= 11 is 0. The van der Waals surface area contributed by atoms with Crippen molar-refractivity contribution in [1.29, 1.82) is 0 Å². The lowest BCUT2D eigenvalue weighted by atomic mass is 10.3. The van der Waals surface area contributed by atoms with Crippen LogP contribution in [0.1, 0.15) is 6.92 Å². The van der Waals surface area contributed by atoms with Crippen LogP contribution in [-0.2, 0) is 0 Å². The van der Waals surface area contributed by atoms with Crippen LogP contribution in [-0.4, -0.2) is 14.5 Å². The molecule has 0 heterocycles. The predicted molar refractivity (Wildman–Crippen MR) is 123 cm³/mol. The summed E-state index contributed by atoms with van der Waals surface area (Å²) in [6.45, 7) is 1.92. The largest absolute Gasteiger partial charge is 0.742 e. The van der Waals surface area contributed by atoms with E-state index in [9.17, 15) is 0 Å². The molecule has 4 nitrogen and oxygen atoms in total. The molecule has 0 saturated heterocycles. The monoisotopic (exact) mass is 428 g/mol. The van der Waals surface area contributed by atoms with Gasteiger partial charge in [-0.15, -0.1) is 0 Å². The highest BCUT2D eigenvalue weighted by molar-refractivity contribution is 6.64. The first kappa shape index (κ1) is 20.6. The Morgan fingerprint density at radius 2 is 0.742 bits per heavy atom. The summed E-state index contributed by atoms with van der Waals surface area (Å²) in [6, 6.07) is 38.3. The fourth-order valence-electron chi connectivity index (χ4n) is 3.05. The molecule has 0 amide bonds. The van der Waals surface area contributed by atoms with E-state index in [1.807, 2.05) is 128 Å². The smallest absolute Gasteiger partial charge is 0.482 e. The van der Waals surface area contributed by atoms with Crippen molar-refractivity contribution in [3.05, 3.63) is 121 Å². The van der Waals surface area contributed by atoms with Gasteiger partial charge in [0.2, 0.25) is 5.73 Å². The Morgan fingerprint density at radius 3 is 1.06 bits per heavy atom. The molecule has 0 aromatic heterocycles. The van der Waals surface area contributed by atoms with E-state index in [1.54, 1.807) is 0 Å². The van der Waals surface area contributed by atoms with Gasteiger partial charge in [-0.1, -0.05) is 72.8 Å². The summed E-state index contributed by atoms with van der Waals surface area (Å²) in [5.74, 6) is 2.69. The minimum atomic E-state index is -3.53. The van der Waals surface area contributed by atoms with Gasteiger partial charge in [0.15, 0.2) is 0 Å². The molecule has 0 spiro atoms. The summed E-state index contributed by atoms with van der Waals surface area (Å²) in [6.07, 6.45) is 0. The normalized spacial score (nSPS) is 11.9. The van der Waals surface area contributed by atoms with Crippen LogP contribution in [0.2, 0.25) is 0 Å². The molecule has 0 aliphatic carbocycles. The highest BCUT2D eigenvalue weighted by atomic mass is 28.4. The molecule has 4 aromatic carbocycles. The minimum Gasteiger partial charge on any atom is -0.482 e. The highest BCUT2D eigenvalue weighted by Gasteiger charge is 2.58. The Hall–Kier alpha value is -3.70. The molecule has 4 aromatic rings. The van der Waals surface area contributed by atoms with Crippen LogP contribution >= 0.6 is 0 Å². The highest BCUT2D eigenvalue weighted by Crippen LogP contribution is 2.28. The second kappa shape index (κ2) is 9.87. The molecule has 156 valence electrons. The summed E-state index contributed by atoms with van der Waals surface area (Å²) < 4.78 is 25.8. The molecule has 0 saturated carbocycles. The van der Waals surface area contributed by atoms with Gasteiger partial charge in [0.05, 0.1) is 0 Å². The van der Waals surface area contributed by atoms with Crippen LogP contribution in [0.25, 0.3) is 0 Å². The Morgan fingerprint density at radius 1 is 0.452 bits per heavy atom. The van der Waals surface area contributed by atoms with Crippen molar-refractivity contribution in [1.82, 2.24) is 0 Å². The summed E-state index contributed by atoms with van der Waals surface area (Å²) in [4.78, 5) is 0. The fraction of sp³-hybridized carbons (Fsp3) is 0.0769. The molecule has 0 radical (unpaired) electrons. The molecular weight excluding hydrogens is 404 g/mol. The van der Waals surface area contributed by atoms with Crippen molar-refractivity contribution in [2.24, 2.45) is 0 Å². The van der Waals surface area contributed by atoms with E-state index in [1.165, 1.54) is 0 Å². The van der Waals surface area contributed by atoms with Gasteiger partial charge in [-0.25, -0.2) is 0 Å². The lowest BCUT2D eigenvalue weighted by Crippen LogP contribution is -2.65. The zero-order valence-corrected chi connectivity index (χ0v) is 18.3. The van der Waals surface area contributed by atoms with E-state index in [-0.39, 0.29) is 0 Å². The second-order valence-corrected chi connectivity index (χ2v) is 9.55. The lowest BCUT2D eigenvalue weighted by Gasteiger charge is -2.34. The first-order chi connectivity index (χ1) is 15.2. The topological polar surface area (TPSA) is 36.9 Å². The van der Waals surface area contributed by atoms with Crippen LogP contribution in [0.5, 0.6) is 23.0 Å². The van der Waals surface area contributed by atoms with E-state index in [0.717, 1.165) is 5.75 Å². The maximum absolute atomic E-state index is 6.51. The standard InChI is InChI=1S/C26H24O4Si/c1-22(27-23-14-6-2-7-15-23)31(28-24-16-8-3-9-17-24,29-25-18-10-4-11-19-25)30-26-20-12-5-13-21-26/h2-22H,1H3. The zero-order valence-electron chi connectivity index (χ0n) is 17.3. The van der Waals surface area contributed by atoms with Crippen LogP contribution in [0.15, 0.2) is 121 Å². The number of hydrogen-bond donors (Lipinski definition) is 0. The predicted octanol–water partition coefficient (Wildman–Crippen LogP) is 6.17. The Balaban J connectivity index is 1.75. The molecule has 0 N–H and O–H groups in total. The summed E-state index contributed by atoms with van der Waals surface area (Å²) in [7, 11) is -3.53. The number of ether oxygens (including phenoxy) is 1. The molecule has 4 rings (SSSR count). The van der Waals surface area contributed by atoms with Crippen molar-refractivity contribution < 1.29 is 18.0 Å². The van der Waals surface area contributed by atoms with Gasteiger partial charge in [-0.3, -0.25) is 0 Å². The SMILES string of the molecule is CC(Oc1ccccc1)[Si](Oc1ccccc1)(Oc1ccccc1)Oc1ccccc1. The first-order valence-corrected chi connectivity index (χ1v) is 12.0. The molecule has 0 fully saturated rings. The van der Waals surface area contributed by atoms with Crippen LogP contribution < -0.4 is 18.0 Å². The van der Waals surface area contributed by atoms with Gasteiger partial charge >= 0.3 is 8.80 Å². The van der Waals surface area contributed by atoms with Crippen molar-refractivity contribution in [2.45, 2.75) is 12.7 Å². The van der Waals surface area contributed by atoms with Crippen molar-refractivity contribution in [3.63, 3.8) is 0 Å². The fourth-order valence-corrected chi connectivity index (χ4v) is 5.34. The van der Waals surface area contributed by atoms with Crippen LogP contribution in [0, 0.1) is 0 Å². The van der Waals surface area contributed by atoms with Gasteiger partial charge < -0.3 is 18.0 Å². The van der Waals surface area contributed by atoms with Gasteiger partial charge in [0.25, 0.3) is 0 Å². The third-order valence-electron chi connectivity index (χ3n) is 4.56. The Kier molecular flexibility index (Phi) is 6.55. The molecule has 0 aliphatic rings. The third-order valence-corrected chi connectivity index (χ3v) is 7.24. The summed E-state index contributed by atoms with van der Waals surface area (Å²) in [5, 5.41) is 0. The molecule has 0 bridgehead atoms. The average molecular weight is 429 g/mol. The molecule has 31 heavy (non-hydrogen) atoms. The molecule has 5 heteroatoms. The number of benzene rings is 4.